The van der Waals surface area contributed by atoms with Gasteiger partial charge in [-0.3, -0.25) is 4.79 Å². The highest BCUT2D eigenvalue weighted by atomic mass is 35.5. The van der Waals surface area contributed by atoms with Gasteiger partial charge in [-0.05, 0) is 82.7 Å². The van der Waals surface area contributed by atoms with Crippen molar-refractivity contribution in [2.24, 2.45) is 0 Å². The Morgan fingerprint density at radius 1 is 0.932 bits per heavy atom. The number of nitrogens with zero attached hydrogens (tertiary/aromatic N) is 2. The number of benzene rings is 3. The van der Waals surface area contributed by atoms with Gasteiger partial charge in [-0.1, -0.05) is 65.7 Å². The number of rotatable bonds is 7. The van der Waals surface area contributed by atoms with Crippen LogP contribution >= 0.6 is 22.9 Å². The molecule has 1 heterocycles. The second-order valence-electron chi connectivity index (χ2n) is 12.6. The van der Waals surface area contributed by atoms with Gasteiger partial charge in [0.05, 0.1) is 12.1 Å². The zero-order chi connectivity index (χ0) is 31.6. The molecule has 4 aromatic rings. The van der Waals surface area contributed by atoms with Crippen molar-refractivity contribution in [3.05, 3.63) is 87.8 Å². The first-order valence-electron chi connectivity index (χ1n) is 15.1. The maximum Gasteiger partial charge on any atom is 0.410 e. The molecule has 0 bridgehead atoms. The van der Waals surface area contributed by atoms with E-state index in [0.717, 1.165) is 58.2 Å². The Morgan fingerprint density at radius 2 is 1.57 bits per heavy atom. The summed E-state index contributed by atoms with van der Waals surface area (Å²) < 4.78 is 12.4. The van der Waals surface area contributed by atoms with Crippen LogP contribution in [0.5, 0.6) is 5.75 Å². The minimum atomic E-state index is -0.554. The monoisotopic (exact) mass is 632 g/mol. The zero-order valence-corrected chi connectivity index (χ0v) is 27.9. The van der Waals surface area contributed by atoms with Crippen molar-refractivity contribution >= 4 is 45.0 Å². The Hall–Kier alpha value is -3.55. The van der Waals surface area contributed by atoms with Crippen LogP contribution in [0.3, 0.4) is 0 Å². The Balaban J connectivity index is 1.45. The molecule has 0 radical (unpaired) electrons. The smallest absolute Gasteiger partial charge is 0.410 e. The molecule has 44 heavy (non-hydrogen) atoms. The standard InChI is InChI=1S/C36H41ClN2O4S/c1-23-11-13-24(14-12-23)25-15-20-30(42-6)26(21-25)22-39(34(40)33-32(37)29-9-7-8-10-31(29)44-33)28-18-16-27(17-19-28)38(5)35(41)43-36(2,3)4/h7-15,20-21,27-28H,16-19,22H2,1-6H3. The second-order valence-corrected chi connectivity index (χ2v) is 14.1. The van der Waals surface area contributed by atoms with E-state index in [1.807, 2.05) is 56.0 Å². The molecule has 5 rings (SSSR count). The number of hydrogen-bond acceptors (Lipinski definition) is 5. The molecule has 0 saturated heterocycles. The summed E-state index contributed by atoms with van der Waals surface area (Å²) >= 11 is 8.28. The van der Waals surface area contributed by atoms with Gasteiger partial charge in [0.15, 0.2) is 0 Å². The van der Waals surface area contributed by atoms with Crippen molar-refractivity contribution < 1.29 is 19.1 Å². The predicted molar refractivity (Wildman–Crippen MR) is 180 cm³/mol. The number of thiophene rings is 1. The predicted octanol–water partition coefficient (Wildman–Crippen LogP) is 9.36. The van der Waals surface area contributed by atoms with Gasteiger partial charge in [0, 0.05) is 41.3 Å². The molecule has 0 aliphatic heterocycles. The van der Waals surface area contributed by atoms with Gasteiger partial charge < -0.3 is 19.3 Å². The molecule has 1 saturated carbocycles. The van der Waals surface area contributed by atoms with E-state index in [0.29, 0.717) is 16.4 Å². The maximum absolute atomic E-state index is 14.4. The van der Waals surface area contributed by atoms with Gasteiger partial charge in [-0.25, -0.2) is 4.79 Å². The fraction of sp³-hybridized carbons (Fsp3) is 0.389. The van der Waals surface area contributed by atoms with Crippen molar-refractivity contribution in [3.63, 3.8) is 0 Å². The molecule has 8 heteroatoms. The van der Waals surface area contributed by atoms with Gasteiger partial charge in [0.25, 0.3) is 5.91 Å². The zero-order valence-electron chi connectivity index (χ0n) is 26.4. The summed E-state index contributed by atoms with van der Waals surface area (Å²) in [4.78, 5) is 31.5. The Morgan fingerprint density at radius 3 is 2.20 bits per heavy atom. The van der Waals surface area contributed by atoms with Crippen LogP contribution in [0.15, 0.2) is 66.7 Å². The molecule has 6 nitrogen and oxygen atoms in total. The number of aryl methyl sites for hydroxylation is 1. The van der Waals surface area contributed by atoms with Crippen LogP contribution in [0.4, 0.5) is 4.79 Å². The number of fused-ring (bicyclic) bond motifs is 1. The van der Waals surface area contributed by atoms with Crippen LogP contribution in [0.2, 0.25) is 5.02 Å². The first-order chi connectivity index (χ1) is 20.9. The normalized spacial score (nSPS) is 16.9. The molecule has 0 spiro atoms. The van der Waals surface area contributed by atoms with E-state index in [4.69, 9.17) is 21.1 Å². The highest BCUT2D eigenvalue weighted by Crippen LogP contribution is 2.39. The van der Waals surface area contributed by atoms with E-state index in [2.05, 4.69) is 43.3 Å². The fourth-order valence-corrected chi connectivity index (χ4v) is 7.37. The van der Waals surface area contributed by atoms with E-state index in [1.165, 1.54) is 16.9 Å². The lowest BCUT2D eigenvalue weighted by atomic mass is 9.89. The minimum Gasteiger partial charge on any atom is -0.496 e. The van der Waals surface area contributed by atoms with Crippen LogP contribution in [0.25, 0.3) is 21.2 Å². The van der Waals surface area contributed by atoms with Crippen LogP contribution in [-0.2, 0) is 11.3 Å². The molecule has 3 aromatic carbocycles. The van der Waals surface area contributed by atoms with Gasteiger partial charge in [-0.15, -0.1) is 11.3 Å². The van der Waals surface area contributed by atoms with Gasteiger partial charge in [0.2, 0.25) is 0 Å². The van der Waals surface area contributed by atoms with Crippen molar-refractivity contribution in [2.45, 2.75) is 77.6 Å². The average Bonchev–Trinajstić information content (AvgIpc) is 3.35. The van der Waals surface area contributed by atoms with Crippen LogP contribution in [0.1, 0.15) is 67.3 Å². The van der Waals surface area contributed by atoms with E-state index in [-0.39, 0.29) is 24.1 Å². The summed E-state index contributed by atoms with van der Waals surface area (Å²) in [5.41, 5.74) is 3.75. The quantitative estimate of drug-likeness (QED) is 0.204. The van der Waals surface area contributed by atoms with E-state index < -0.39 is 5.60 Å². The van der Waals surface area contributed by atoms with Gasteiger partial charge in [0.1, 0.15) is 16.2 Å². The van der Waals surface area contributed by atoms with Crippen molar-refractivity contribution in [1.82, 2.24) is 9.80 Å². The molecular formula is C36H41ClN2O4S. The molecule has 1 aliphatic rings. The first kappa shape index (κ1) is 31.9. The summed E-state index contributed by atoms with van der Waals surface area (Å²) in [7, 11) is 3.47. The van der Waals surface area contributed by atoms with Crippen molar-refractivity contribution in [1.29, 1.82) is 0 Å². The lowest BCUT2D eigenvalue weighted by Gasteiger charge is -2.40. The molecule has 232 valence electrons. The van der Waals surface area contributed by atoms with Crippen molar-refractivity contribution in [3.8, 4) is 16.9 Å². The van der Waals surface area contributed by atoms with E-state index in [1.54, 1.807) is 19.1 Å². The molecule has 1 fully saturated rings. The van der Waals surface area contributed by atoms with Gasteiger partial charge in [-0.2, -0.15) is 0 Å². The summed E-state index contributed by atoms with van der Waals surface area (Å²) in [5, 5.41) is 1.39. The third-order valence-electron chi connectivity index (χ3n) is 8.33. The third-order valence-corrected chi connectivity index (χ3v) is 10.00. The van der Waals surface area contributed by atoms with E-state index >= 15 is 0 Å². The Labute approximate surface area is 269 Å². The molecule has 1 aliphatic carbocycles. The summed E-state index contributed by atoms with van der Waals surface area (Å²) in [5.74, 6) is 0.655. The Bertz CT molecular complexity index is 1630. The SMILES string of the molecule is COc1ccc(-c2ccc(C)cc2)cc1CN(C(=O)c1sc2ccccc2c1Cl)C1CCC(N(C)C(=O)OC(C)(C)C)CC1. The number of carbonyl (C=O) groups is 2. The largest absolute Gasteiger partial charge is 0.496 e. The average molecular weight is 633 g/mol. The molecule has 0 N–H and O–H groups in total. The lowest BCUT2D eigenvalue weighted by Crippen LogP contribution is -2.47. The third kappa shape index (κ3) is 7.05. The molecule has 0 atom stereocenters. The number of halogens is 1. The Kier molecular flexibility index (Phi) is 9.56. The molecule has 1 aromatic heterocycles. The number of ether oxygens (including phenoxy) is 2. The highest BCUT2D eigenvalue weighted by molar-refractivity contribution is 7.21. The summed E-state index contributed by atoms with van der Waals surface area (Å²) in [6.45, 7) is 8.08. The second kappa shape index (κ2) is 13.2. The number of carbonyl (C=O) groups excluding carboxylic acids is 2. The van der Waals surface area contributed by atoms with Crippen LogP contribution < -0.4 is 4.74 Å². The highest BCUT2D eigenvalue weighted by Gasteiger charge is 2.35. The van der Waals surface area contributed by atoms with E-state index in [9.17, 15) is 9.59 Å². The van der Waals surface area contributed by atoms with Gasteiger partial charge >= 0.3 is 6.09 Å². The van der Waals surface area contributed by atoms with Crippen LogP contribution in [0, 0.1) is 6.92 Å². The summed E-state index contributed by atoms with van der Waals surface area (Å²) in [6.07, 6.45) is 2.73. The fourth-order valence-electron chi connectivity index (χ4n) is 5.90. The van der Waals surface area contributed by atoms with Crippen LogP contribution in [-0.4, -0.2) is 53.6 Å². The number of hydrogen-bond donors (Lipinski definition) is 0. The topological polar surface area (TPSA) is 59.1 Å². The maximum atomic E-state index is 14.4. The minimum absolute atomic E-state index is 0.0280. The number of amides is 2. The lowest BCUT2D eigenvalue weighted by molar-refractivity contribution is 0.0144. The number of methoxy groups -OCH3 is 1. The van der Waals surface area contributed by atoms with Crippen molar-refractivity contribution in [2.75, 3.05) is 14.2 Å². The summed E-state index contributed by atoms with van der Waals surface area (Å²) in [6, 6.07) is 22.5. The molecule has 2 amide bonds. The molecular weight excluding hydrogens is 592 g/mol. The first-order valence-corrected chi connectivity index (χ1v) is 16.3. The molecule has 0 unspecified atom stereocenters.